The van der Waals surface area contributed by atoms with Gasteiger partial charge >= 0.3 is 0 Å². The van der Waals surface area contributed by atoms with Gasteiger partial charge in [0.1, 0.15) is 0 Å². The molecule has 2 aliphatic heterocycles. The van der Waals surface area contributed by atoms with Crippen molar-refractivity contribution < 1.29 is 18.9 Å². The van der Waals surface area contributed by atoms with E-state index in [1.807, 2.05) is 0 Å². The average molecular weight is 465 g/mol. The highest BCUT2D eigenvalue weighted by atomic mass is 16.7. The van der Waals surface area contributed by atoms with Crippen molar-refractivity contribution in [2.45, 2.75) is 67.0 Å². The number of rotatable bonds is 0. The first-order valence-electron chi connectivity index (χ1n) is 13.6. The lowest BCUT2D eigenvalue weighted by molar-refractivity contribution is -0.252. The third-order valence-electron chi connectivity index (χ3n) is 14.0. The maximum absolute atomic E-state index is 6.73. The molecule has 10 atom stereocenters. The zero-order valence-electron chi connectivity index (χ0n) is 22.1. The van der Waals surface area contributed by atoms with E-state index in [-0.39, 0.29) is 21.7 Å². The Hall–Kier alpha value is -0.940. The van der Waals surface area contributed by atoms with Crippen LogP contribution in [0.4, 0.5) is 0 Å². The second kappa shape index (κ2) is 5.49. The van der Waals surface area contributed by atoms with Crippen LogP contribution < -0.4 is 0 Å². The maximum Gasteiger partial charge on any atom is 0.187 e. The summed E-state index contributed by atoms with van der Waals surface area (Å²) in [6.45, 7) is 22.2. The third kappa shape index (κ3) is 1.47. The Morgan fingerprint density at radius 2 is 0.971 bits per heavy atom. The fourth-order valence-electron chi connectivity index (χ4n) is 12.4. The summed E-state index contributed by atoms with van der Waals surface area (Å²) >= 11 is 0. The van der Waals surface area contributed by atoms with Gasteiger partial charge in [-0.2, -0.15) is 0 Å². The van der Waals surface area contributed by atoms with Crippen molar-refractivity contribution in [1.82, 2.24) is 0 Å². The van der Waals surface area contributed by atoms with E-state index in [2.05, 4.69) is 67.5 Å². The average Bonchev–Trinajstić information content (AvgIpc) is 3.58. The monoisotopic (exact) mass is 464 g/mol. The lowest BCUT2D eigenvalue weighted by Gasteiger charge is -2.64. The fourth-order valence-corrected chi connectivity index (χ4v) is 12.4. The maximum atomic E-state index is 6.73. The molecule has 2 heterocycles. The quantitative estimate of drug-likeness (QED) is 0.443. The largest absolute Gasteiger partial charge is 0.346 e. The zero-order chi connectivity index (χ0) is 23.8. The van der Waals surface area contributed by atoms with Gasteiger partial charge in [0.2, 0.25) is 0 Å². The summed E-state index contributed by atoms with van der Waals surface area (Å²) < 4.78 is 26.9. The molecule has 184 valence electrons. The summed E-state index contributed by atoms with van der Waals surface area (Å²) in [5.74, 6) is 2.22. The summed E-state index contributed by atoms with van der Waals surface area (Å²) in [4.78, 5) is 0. The molecule has 6 aliphatic carbocycles. The fraction of sp³-hybridized carbons (Fsp3) is 0.800. The molecule has 8 rings (SSSR count). The highest BCUT2D eigenvalue weighted by molar-refractivity contribution is 5.53. The SMILES string of the molecule is CC1=C(C)[C@@]2(C)[C@H]3C=C[C@H]4[C@@H]([C@H]3[C@@]1(C)C21OCCO1)[C@@H]1[C@@H]4[C@@]2(C)C(C)=C(C)[C@@]1(C)C21OCCO1. The Bertz CT molecular complexity index is 1130. The molecule has 0 N–H and O–H groups in total. The summed E-state index contributed by atoms with van der Waals surface area (Å²) in [7, 11) is 0. The van der Waals surface area contributed by atoms with E-state index >= 15 is 0 Å². The van der Waals surface area contributed by atoms with E-state index in [4.69, 9.17) is 18.9 Å². The van der Waals surface area contributed by atoms with E-state index in [0.717, 1.165) is 0 Å². The van der Waals surface area contributed by atoms with Crippen LogP contribution in [0.5, 0.6) is 0 Å². The smallest absolute Gasteiger partial charge is 0.187 e. The molecular weight excluding hydrogens is 424 g/mol. The first-order valence-corrected chi connectivity index (χ1v) is 13.6. The van der Waals surface area contributed by atoms with Gasteiger partial charge in [-0.25, -0.2) is 0 Å². The van der Waals surface area contributed by atoms with Gasteiger partial charge in [-0.15, -0.1) is 0 Å². The molecule has 2 saturated heterocycles. The summed E-state index contributed by atoms with van der Waals surface area (Å²) in [6.07, 6.45) is 5.19. The number of hydrogen-bond acceptors (Lipinski definition) is 4. The Morgan fingerprint density at radius 1 is 0.559 bits per heavy atom. The van der Waals surface area contributed by atoms with E-state index < -0.39 is 11.6 Å². The molecule has 4 nitrogen and oxygen atoms in total. The molecule has 0 aromatic carbocycles. The molecular formula is C30H40O4. The minimum atomic E-state index is -0.533. The molecule has 4 heteroatoms. The van der Waals surface area contributed by atoms with E-state index in [0.29, 0.717) is 61.9 Å². The second-order valence-electron chi connectivity index (χ2n) is 13.6. The van der Waals surface area contributed by atoms with Crippen molar-refractivity contribution in [2.75, 3.05) is 26.4 Å². The van der Waals surface area contributed by atoms with E-state index in [1.54, 1.807) is 0 Å². The van der Waals surface area contributed by atoms with Gasteiger partial charge in [0.25, 0.3) is 0 Å². The van der Waals surface area contributed by atoms with Crippen molar-refractivity contribution in [1.29, 1.82) is 0 Å². The Kier molecular flexibility index (Phi) is 3.42. The normalized spacial score (nSPS) is 58.8. The van der Waals surface area contributed by atoms with Crippen LogP contribution in [0.1, 0.15) is 55.4 Å². The lowest BCUT2D eigenvalue weighted by atomic mass is 9.38. The topological polar surface area (TPSA) is 36.9 Å². The molecule has 34 heavy (non-hydrogen) atoms. The van der Waals surface area contributed by atoms with Gasteiger partial charge in [0.05, 0.1) is 26.4 Å². The van der Waals surface area contributed by atoms with Gasteiger partial charge in [-0.05, 0) is 63.2 Å². The molecule has 0 aromatic heterocycles. The predicted molar refractivity (Wildman–Crippen MR) is 129 cm³/mol. The minimum Gasteiger partial charge on any atom is -0.346 e. The Balaban J connectivity index is 1.35. The highest BCUT2D eigenvalue weighted by Crippen LogP contribution is 2.89. The molecule has 2 spiro atoms. The Labute approximate surface area is 204 Å². The summed E-state index contributed by atoms with van der Waals surface area (Å²) in [5, 5.41) is 0. The molecule has 0 aromatic rings. The molecule has 3 saturated carbocycles. The molecule has 8 aliphatic rings. The van der Waals surface area contributed by atoms with Gasteiger partial charge in [-0.1, -0.05) is 62.1 Å². The predicted octanol–water partition coefficient (Wildman–Crippen LogP) is 5.51. The van der Waals surface area contributed by atoms with E-state index in [9.17, 15) is 0 Å². The molecule has 0 radical (unpaired) electrons. The first kappa shape index (κ1) is 21.2. The van der Waals surface area contributed by atoms with Gasteiger partial charge in [0, 0.05) is 21.7 Å². The van der Waals surface area contributed by atoms with Gasteiger partial charge in [0.15, 0.2) is 11.6 Å². The second-order valence-corrected chi connectivity index (χ2v) is 13.6. The highest BCUT2D eigenvalue weighted by Gasteiger charge is 2.90. The van der Waals surface area contributed by atoms with Crippen LogP contribution in [0.3, 0.4) is 0 Å². The van der Waals surface area contributed by atoms with Gasteiger partial charge in [-0.3, -0.25) is 0 Å². The Morgan fingerprint density at radius 3 is 1.50 bits per heavy atom. The zero-order valence-corrected chi connectivity index (χ0v) is 22.1. The standard InChI is InChI=1S/C30H40O4/c1-15-16(2)27(7)23-20(25(15,5)29(27)31-11-12-32-29)10-9-19-21(23)24-22(19)26(6)17(3)18(4)28(24,8)30(26)33-13-14-34-30/h9-10,19-24H,11-14H2,1-8H3/t19-,20-,21-,22+,23-,24+,25-,26+,27-,28+/m0/s1. The van der Waals surface area contributed by atoms with Crippen LogP contribution in [0, 0.1) is 57.2 Å². The van der Waals surface area contributed by atoms with Crippen molar-refractivity contribution in [3.63, 3.8) is 0 Å². The summed E-state index contributed by atoms with van der Waals surface area (Å²) in [5.41, 5.74) is 5.68. The van der Waals surface area contributed by atoms with Crippen molar-refractivity contribution in [3.05, 3.63) is 34.4 Å². The van der Waals surface area contributed by atoms with Crippen LogP contribution in [0.15, 0.2) is 34.4 Å². The van der Waals surface area contributed by atoms with Crippen molar-refractivity contribution in [2.24, 2.45) is 57.2 Å². The third-order valence-corrected chi connectivity index (χ3v) is 14.0. The number of fused-ring (bicyclic) bond motifs is 10. The van der Waals surface area contributed by atoms with Crippen LogP contribution in [-0.4, -0.2) is 38.0 Å². The van der Waals surface area contributed by atoms with Gasteiger partial charge < -0.3 is 18.9 Å². The van der Waals surface area contributed by atoms with E-state index in [1.165, 1.54) is 22.3 Å². The number of hydrogen-bond donors (Lipinski definition) is 0. The summed E-state index contributed by atoms with van der Waals surface area (Å²) in [6, 6.07) is 0. The van der Waals surface area contributed by atoms with Crippen molar-refractivity contribution >= 4 is 0 Å². The molecule has 4 bridgehead atoms. The number of allylic oxidation sites excluding steroid dienone is 2. The van der Waals surface area contributed by atoms with Crippen LogP contribution in [0.2, 0.25) is 0 Å². The minimum absolute atomic E-state index is 0.0629. The van der Waals surface area contributed by atoms with Crippen LogP contribution in [-0.2, 0) is 18.9 Å². The van der Waals surface area contributed by atoms with Crippen LogP contribution >= 0.6 is 0 Å². The van der Waals surface area contributed by atoms with Crippen LogP contribution in [0.25, 0.3) is 0 Å². The van der Waals surface area contributed by atoms with Crippen molar-refractivity contribution in [3.8, 4) is 0 Å². The molecule has 0 unspecified atom stereocenters. The number of ether oxygens (including phenoxy) is 4. The molecule has 0 amide bonds. The lowest BCUT2D eigenvalue weighted by Crippen LogP contribution is -2.61. The first-order chi connectivity index (χ1) is 16.0. The molecule has 5 fully saturated rings.